The van der Waals surface area contributed by atoms with E-state index >= 15 is 0 Å². The van der Waals surface area contributed by atoms with Crippen molar-refractivity contribution in [1.29, 1.82) is 0 Å². The predicted molar refractivity (Wildman–Crippen MR) is 73.8 cm³/mol. The molecule has 2 N–H and O–H groups in total. The van der Waals surface area contributed by atoms with Crippen molar-refractivity contribution in [3.63, 3.8) is 0 Å². The molecule has 5 heteroatoms. The Morgan fingerprint density at radius 2 is 1.94 bits per heavy atom. The molecule has 0 aromatic carbocycles. The van der Waals surface area contributed by atoms with Gasteiger partial charge in [-0.1, -0.05) is 26.2 Å². The van der Waals surface area contributed by atoms with Gasteiger partial charge in [0, 0.05) is 5.41 Å². The first-order chi connectivity index (χ1) is 8.49. The van der Waals surface area contributed by atoms with Crippen LogP contribution in [0.4, 0.5) is 0 Å². The Kier molecular flexibility index (Phi) is 5.99. The molecule has 1 aliphatic carbocycles. The minimum atomic E-state index is -0.934. The molecular formula is C13H23NO3S. The van der Waals surface area contributed by atoms with E-state index < -0.39 is 12.0 Å². The topological polar surface area (TPSA) is 66.4 Å². The highest BCUT2D eigenvalue weighted by molar-refractivity contribution is 7.98. The fourth-order valence-corrected chi connectivity index (χ4v) is 2.86. The van der Waals surface area contributed by atoms with Gasteiger partial charge in [-0.05, 0) is 31.3 Å². The van der Waals surface area contributed by atoms with Crippen molar-refractivity contribution in [2.75, 3.05) is 12.0 Å². The van der Waals surface area contributed by atoms with E-state index in [0.29, 0.717) is 6.42 Å². The fraction of sp³-hybridized carbons (Fsp3) is 0.846. The van der Waals surface area contributed by atoms with Gasteiger partial charge in [-0.2, -0.15) is 11.8 Å². The maximum Gasteiger partial charge on any atom is 0.326 e. The van der Waals surface area contributed by atoms with Crippen LogP contribution in [0, 0.1) is 5.41 Å². The van der Waals surface area contributed by atoms with Crippen LogP contribution in [0.3, 0.4) is 0 Å². The number of thioether (sulfide) groups is 1. The molecule has 0 radical (unpaired) electrons. The van der Waals surface area contributed by atoms with Crippen molar-refractivity contribution in [3.8, 4) is 0 Å². The number of carbonyl (C=O) groups excluding carboxylic acids is 1. The molecule has 104 valence electrons. The highest BCUT2D eigenvalue weighted by Gasteiger charge is 2.36. The van der Waals surface area contributed by atoms with Gasteiger partial charge in [-0.15, -0.1) is 0 Å². The summed E-state index contributed by atoms with van der Waals surface area (Å²) in [6, 6.07) is -0.747. The lowest BCUT2D eigenvalue weighted by atomic mass is 9.75. The molecule has 0 spiro atoms. The third-order valence-corrected chi connectivity index (χ3v) is 4.36. The van der Waals surface area contributed by atoms with Gasteiger partial charge in [0.05, 0.1) is 0 Å². The van der Waals surface area contributed by atoms with Crippen LogP contribution in [-0.4, -0.2) is 35.0 Å². The zero-order valence-electron chi connectivity index (χ0n) is 11.2. The molecule has 1 aliphatic rings. The Morgan fingerprint density at radius 1 is 1.33 bits per heavy atom. The second-order valence-electron chi connectivity index (χ2n) is 5.27. The number of nitrogens with one attached hydrogen (secondary N) is 1. The molecule has 18 heavy (non-hydrogen) atoms. The molecule has 1 amide bonds. The van der Waals surface area contributed by atoms with E-state index in [2.05, 4.69) is 5.32 Å². The quantitative estimate of drug-likeness (QED) is 0.779. The maximum absolute atomic E-state index is 12.2. The Bertz CT molecular complexity index is 301. The average Bonchev–Trinajstić information content (AvgIpc) is 2.34. The predicted octanol–water partition coefficient (Wildman–Crippen LogP) is 2.28. The van der Waals surface area contributed by atoms with Crippen LogP contribution in [0.25, 0.3) is 0 Å². The van der Waals surface area contributed by atoms with Crippen molar-refractivity contribution in [2.45, 2.75) is 51.5 Å². The number of rotatable bonds is 6. The second kappa shape index (κ2) is 7.02. The molecular weight excluding hydrogens is 250 g/mol. The van der Waals surface area contributed by atoms with Crippen molar-refractivity contribution in [3.05, 3.63) is 0 Å². The van der Waals surface area contributed by atoms with Crippen LogP contribution in [0.2, 0.25) is 0 Å². The van der Waals surface area contributed by atoms with E-state index in [9.17, 15) is 9.59 Å². The summed E-state index contributed by atoms with van der Waals surface area (Å²) in [5, 5.41) is 11.8. The highest BCUT2D eigenvalue weighted by atomic mass is 32.2. The second-order valence-corrected chi connectivity index (χ2v) is 6.25. The summed E-state index contributed by atoms with van der Waals surface area (Å²) < 4.78 is 0. The number of aliphatic carboxylic acids is 1. The lowest BCUT2D eigenvalue weighted by Crippen LogP contribution is -2.48. The van der Waals surface area contributed by atoms with E-state index in [0.717, 1.165) is 31.4 Å². The van der Waals surface area contributed by atoms with Crippen molar-refractivity contribution in [1.82, 2.24) is 5.32 Å². The zero-order valence-corrected chi connectivity index (χ0v) is 12.0. The molecule has 1 saturated carbocycles. The number of carbonyl (C=O) groups is 2. The third-order valence-electron chi connectivity index (χ3n) is 3.72. The molecule has 0 aromatic rings. The summed E-state index contributed by atoms with van der Waals surface area (Å²) in [6.07, 6.45) is 7.46. The smallest absolute Gasteiger partial charge is 0.326 e. The van der Waals surface area contributed by atoms with Crippen molar-refractivity contribution >= 4 is 23.6 Å². The van der Waals surface area contributed by atoms with Crippen LogP contribution >= 0.6 is 11.8 Å². The molecule has 1 rings (SSSR count). The summed E-state index contributed by atoms with van der Waals surface area (Å²) in [7, 11) is 0. The Balaban J connectivity index is 2.56. The SMILES string of the molecule is CSCC[C@@H](NC(=O)C1(C)CCCCC1)C(=O)O. The highest BCUT2D eigenvalue weighted by Crippen LogP contribution is 2.35. The molecule has 0 aromatic heterocycles. The number of hydrogen-bond acceptors (Lipinski definition) is 3. The summed E-state index contributed by atoms with van der Waals surface area (Å²) in [4.78, 5) is 23.3. The van der Waals surface area contributed by atoms with Gasteiger partial charge in [0.25, 0.3) is 0 Å². The van der Waals surface area contributed by atoms with Gasteiger partial charge in [-0.3, -0.25) is 4.79 Å². The van der Waals surface area contributed by atoms with Crippen LogP contribution in [0.5, 0.6) is 0 Å². The van der Waals surface area contributed by atoms with Crippen LogP contribution in [0.15, 0.2) is 0 Å². The minimum Gasteiger partial charge on any atom is -0.480 e. The Morgan fingerprint density at radius 3 is 2.44 bits per heavy atom. The molecule has 0 heterocycles. The summed E-state index contributed by atoms with van der Waals surface area (Å²) in [5.74, 6) is -0.277. The molecule has 1 fully saturated rings. The number of carboxylic acid groups (broad SMARTS) is 1. The molecule has 0 aliphatic heterocycles. The van der Waals surface area contributed by atoms with Crippen LogP contribution < -0.4 is 5.32 Å². The normalized spacial score (nSPS) is 20.1. The van der Waals surface area contributed by atoms with Gasteiger partial charge < -0.3 is 10.4 Å². The van der Waals surface area contributed by atoms with Crippen molar-refractivity contribution < 1.29 is 14.7 Å². The van der Waals surface area contributed by atoms with E-state index in [1.807, 2.05) is 13.2 Å². The summed E-state index contributed by atoms with van der Waals surface area (Å²) in [5.41, 5.74) is -0.370. The number of amides is 1. The van der Waals surface area contributed by atoms with E-state index in [-0.39, 0.29) is 11.3 Å². The molecule has 0 saturated heterocycles. The lowest BCUT2D eigenvalue weighted by molar-refractivity contribution is -0.144. The third kappa shape index (κ3) is 4.19. The van der Waals surface area contributed by atoms with Gasteiger partial charge in [0.15, 0.2) is 0 Å². The maximum atomic E-state index is 12.2. The summed E-state index contributed by atoms with van der Waals surface area (Å²) >= 11 is 1.59. The largest absolute Gasteiger partial charge is 0.480 e. The number of hydrogen-bond donors (Lipinski definition) is 2. The van der Waals surface area contributed by atoms with Gasteiger partial charge in [0.1, 0.15) is 6.04 Å². The first-order valence-corrected chi connectivity index (χ1v) is 7.92. The fourth-order valence-electron chi connectivity index (χ4n) is 2.38. The number of carboxylic acids is 1. The first-order valence-electron chi connectivity index (χ1n) is 6.52. The van der Waals surface area contributed by atoms with Crippen molar-refractivity contribution in [2.24, 2.45) is 5.41 Å². The standard InChI is InChI=1S/C13H23NO3S/c1-13(7-4-3-5-8-13)12(17)14-10(11(15)16)6-9-18-2/h10H,3-9H2,1-2H3,(H,14,17)(H,15,16)/t10-/m1/s1. The summed E-state index contributed by atoms with van der Waals surface area (Å²) in [6.45, 7) is 1.95. The molecule has 4 nitrogen and oxygen atoms in total. The molecule has 1 atom stereocenters. The van der Waals surface area contributed by atoms with Gasteiger partial charge in [0.2, 0.25) is 5.91 Å². The van der Waals surface area contributed by atoms with Gasteiger partial charge in [-0.25, -0.2) is 4.79 Å². The van der Waals surface area contributed by atoms with Gasteiger partial charge >= 0.3 is 5.97 Å². The lowest BCUT2D eigenvalue weighted by Gasteiger charge is -2.33. The average molecular weight is 273 g/mol. The van der Waals surface area contributed by atoms with E-state index in [4.69, 9.17) is 5.11 Å². The Hall–Kier alpha value is -0.710. The van der Waals surface area contributed by atoms with E-state index in [1.54, 1.807) is 11.8 Å². The molecule has 0 bridgehead atoms. The minimum absolute atomic E-state index is 0.0873. The Labute approximate surface area is 113 Å². The monoisotopic (exact) mass is 273 g/mol. The molecule has 0 unspecified atom stereocenters. The zero-order chi connectivity index (χ0) is 13.6. The first kappa shape index (κ1) is 15.3. The van der Waals surface area contributed by atoms with Crippen LogP contribution in [-0.2, 0) is 9.59 Å². The van der Waals surface area contributed by atoms with E-state index in [1.165, 1.54) is 6.42 Å². The van der Waals surface area contributed by atoms with Crippen LogP contribution in [0.1, 0.15) is 45.4 Å².